The van der Waals surface area contributed by atoms with Gasteiger partial charge in [0.2, 0.25) is 6.79 Å². The number of hydrogen-bond donors (Lipinski definition) is 0. The van der Waals surface area contributed by atoms with Gasteiger partial charge in [-0.15, -0.1) is 0 Å². The van der Waals surface area contributed by atoms with Crippen LogP contribution in [0.3, 0.4) is 0 Å². The van der Waals surface area contributed by atoms with Crippen LogP contribution in [0.25, 0.3) is 0 Å². The van der Waals surface area contributed by atoms with Gasteiger partial charge in [0, 0.05) is 32.0 Å². The molecular weight excluding hydrogens is 342 g/mol. The molecule has 2 aromatic heterocycles. The lowest BCUT2D eigenvalue weighted by Gasteiger charge is -2.22. The zero-order valence-electron chi connectivity index (χ0n) is 15.9. The van der Waals surface area contributed by atoms with Crippen LogP contribution in [0.5, 0.6) is 11.5 Å². The van der Waals surface area contributed by atoms with Crippen LogP contribution in [0.1, 0.15) is 29.1 Å². The lowest BCUT2D eigenvalue weighted by molar-refractivity contribution is 0.174. The van der Waals surface area contributed by atoms with E-state index in [2.05, 4.69) is 39.6 Å². The van der Waals surface area contributed by atoms with Gasteiger partial charge in [0.05, 0.1) is 12.9 Å². The molecule has 3 aromatic rings. The quantitative estimate of drug-likeness (QED) is 0.604. The lowest BCUT2D eigenvalue weighted by atomic mass is 10.1. The number of ether oxygens (including phenoxy) is 2. The summed E-state index contributed by atoms with van der Waals surface area (Å²) in [4.78, 5) is 6.53. The third kappa shape index (κ3) is 4.34. The van der Waals surface area contributed by atoms with Crippen LogP contribution >= 0.6 is 0 Å². The highest BCUT2D eigenvalue weighted by Gasteiger charge is 2.18. The Morgan fingerprint density at radius 3 is 2.70 bits per heavy atom. The van der Waals surface area contributed by atoms with Crippen LogP contribution in [0.2, 0.25) is 0 Å². The first-order valence-corrected chi connectivity index (χ1v) is 9.30. The summed E-state index contributed by atoms with van der Waals surface area (Å²) in [6.07, 6.45) is 6.73. The van der Waals surface area contributed by atoms with E-state index in [4.69, 9.17) is 13.9 Å². The van der Waals surface area contributed by atoms with E-state index in [1.807, 2.05) is 31.7 Å². The number of furan rings is 1. The third-order valence-corrected chi connectivity index (χ3v) is 4.85. The minimum absolute atomic E-state index is 0.304. The number of fused-ring (bicyclic) bond motifs is 1. The van der Waals surface area contributed by atoms with Gasteiger partial charge in [-0.05, 0) is 55.7 Å². The Kier molecular flexibility index (Phi) is 5.16. The fourth-order valence-electron chi connectivity index (χ4n) is 3.40. The Balaban J connectivity index is 1.46. The van der Waals surface area contributed by atoms with Crippen LogP contribution < -0.4 is 9.47 Å². The Bertz CT molecular complexity index is 886. The summed E-state index contributed by atoms with van der Waals surface area (Å²) < 4.78 is 19.0. The number of benzene rings is 1. The number of hydrogen-bond acceptors (Lipinski definition) is 5. The molecule has 0 fully saturated rings. The molecule has 0 amide bonds. The zero-order chi connectivity index (χ0) is 18.6. The van der Waals surface area contributed by atoms with Gasteiger partial charge in [0.15, 0.2) is 11.5 Å². The van der Waals surface area contributed by atoms with E-state index in [0.29, 0.717) is 6.79 Å². The molecule has 1 aliphatic heterocycles. The highest BCUT2D eigenvalue weighted by Crippen LogP contribution is 2.35. The zero-order valence-corrected chi connectivity index (χ0v) is 15.9. The van der Waals surface area contributed by atoms with Crippen molar-refractivity contribution >= 4 is 0 Å². The Morgan fingerprint density at radius 1 is 1.11 bits per heavy atom. The fraction of sp³-hybridized carbons (Fsp3) is 0.381. The predicted molar refractivity (Wildman–Crippen MR) is 102 cm³/mol. The summed E-state index contributed by atoms with van der Waals surface area (Å²) in [6, 6.07) is 8.25. The van der Waals surface area contributed by atoms with Crippen LogP contribution in [0.15, 0.2) is 47.4 Å². The normalized spacial score (nSPS) is 12.9. The molecule has 0 bridgehead atoms. The first-order chi connectivity index (χ1) is 13.2. The number of aryl methyl sites for hydroxylation is 3. The van der Waals surface area contributed by atoms with Gasteiger partial charge in [-0.2, -0.15) is 0 Å². The van der Waals surface area contributed by atoms with Gasteiger partial charge in [0.1, 0.15) is 11.5 Å². The van der Waals surface area contributed by atoms with Gasteiger partial charge in [-0.3, -0.25) is 4.90 Å². The molecule has 6 heteroatoms. The lowest BCUT2D eigenvalue weighted by Crippen LogP contribution is -2.25. The van der Waals surface area contributed by atoms with Gasteiger partial charge in [-0.25, -0.2) is 4.98 Å². The molecule has 0 saturated heterocycles. The largest absolute Gasteiger partial charge is 0.465 e. The van der Waals surface area contributed by atoms with Gasteiger partial charge < -0.3 is 18.5 Å². The molecule has 142 valence electrons. The predicted octanol–water partition coefficient (Wildman–Crippen LogP) is 3.91. The summed E-state index contributed by atoms with van der Waals surface area (Å²) in [6.45, 7) is 7.95. The topological polar surface area (TPSA) is 52.7 Å². The average molecular weight is 367 g/mol. The molecule has 27 heavy (non-hydrogen) atoms. The molecule has 3 heterocycles. The van der Waals surface area contributed by atoms with Crippen molar-refractivity contribution in [1.29, 1.82) is 0 Å². The Hall–Kier alpha value is -2.73. The molecule has 0 unspecified atom stereocenters. The van der Waals surface area contributed by atoms with Gasteiger partial charge in [-0.1, -0.05) is 0 Å². The molecule has 0 N–H and O–H groups in total. The van der Waals surface area contributed by atoms with Crippen molar-refractivity contribution in [3.05, 3.63) is 65.6 Å². The minimum atomic E-state index is 0.304. The maximum Gasteiger partial charge on any atom is 0.231 e. The maximum atomic E-state index is 5.81. The molecule has 4 rings (SSSR count). The summed E-state index contributed by atoms with van der Waals surface area (Å²) in [5.41, 5.74) is 2.47. The van der Waals surface area contributed by atoms with E-state index in [0.717, 1.165) is 55.6 Å². The number of rotatable bonds is 8. The summed E-state index contributed by atoms with van der Waals surface area (Å²) >= 11 is 0. The minimum Gasteiger partial charge on any atom is -0.465 e. The van der Waals surface area contributed by atoms with Gasteiger partial charge in [0.25, 0.3) is 0 Å². The van der Waals surface area contributed by atoms with E-state index in [-0.39, 0.29) is 0 Å². The number of imidazole rings is 1. The molecule has 1 aliphatic rings. The molecule has 0 saturated carbocycles. The van der Waals surface area contributed by atoms with E-state index >= 15 is 0 Å². The summed E-state index contributed by atoms with van der Waals surface area (Å²) in [5, 5.41) is 0. The van der Waals surface area contributed by atoms with Crippen molar-refractivity contribution in [2.45, 2.75) is 39.9 Å². The first-order valence-electron chi connectivity index (χ1n) is 9.30. The molecule has 0 aliphatic carbocycles. The number of aromatic nitrogens is 2. The monoisotopic (exact) mass is 367 g/mol. The van der Waals surface area contributed by atoms with E-state index in [1.165, 1.54) is 11.1 Å². The van der Waals surface area contributed by atoms with Crippen LogP contribution in [0, 0.1) is 13.8 Å². The van der Waals surface area contributed by atoms with Crippen LogP contribution in [0.4, 0.5) is 0 Å². The molecule has 0 atom stereocenters. The average Bonchev–Trinajstić information content (AvgIpc) is 3.38. The highest BCUT2D eigenvalue weighted by atomic mass is 16.7. The van der Waals surface area contributed by atoms with E-state index < -0.39 is 0 Å². The second-order valence-electron chi connectivity index (χ2n) is 7.01. The van der Waals surface area contributed by atoms with E-state index in [1.54, 1.807) is 0 Å². The van der Waals surface area contributed by atoms with Crippen molar-refractivity contribution in [1.82, 2.24) is 14.5 Å². The molecule has 6 nitrogen and oxygen atoms in total. The smallest absolute Gasteiger partial charge is 0.231 e. The van der Waals surface area contributed by atoms with Crippen LogP contribution in [-0.4, -0.2) is 27.8 Å². The fourth-order valence-corrected chi connectivity index (χ4v) is 3.40. The summed E-state index contributed by atoms with van der Waals surface area (Å²) in [7, 11) is 0. The van der Waals surface area contributed by atoms with Gasteiger partial charge >= 0.3 is 0 Å². The van der Waals surface area contributed by atoms with Crippen molar-refractivity contribution in [3.63, 3.8) is 0 Å². The van der Waals surface area contributed by atoms with E-state index in [9.17, 15) is 0 Å². The first kappa shape index (κ1) is 17.7. The van der Waals surface area contributed by atoms with Crippen LogP contribution in [-0.2, 0) is 19.6 Å². The van der Waals surface area contributed by atoms with Crippen molar-refractivity contribution in [2.75, 3.05) is 13.3 Å². The van der Waals surface area contributed by atoms with Crippen molar-refractivity contribution in [3.8, 4) is 11.5 Å². The second kappa shape index (κ2) is 7.88. The highest BCUT2D eigenvalue weighted by molar-refractivity contribution is 5.48. The van der Waals surface area contributed by atoms with Crippen molar-refractivity contribution < 1.29 is 13.9 Å². The SMILES string of the molecule is Cc1ccc(CN(CCCn2ccnc2)Cc2cc3c(cc2C)OCO3)o1. The Morgan fingerprint density at radius 2 is 1.96 bits per heavy atom. The standard InChI is InChI=1S/C21H25N3O3/c1-16-10-20-21(26-15-25-20)11-18(16)12-24(13-19-5-4-17(2)27-19)8-3-7-23-9-6-22-14-23/h4-6,9-11,14H,3,7-8,12-13,15H2,1-2H3. The summed E-state index contributed by atoms with van der Waals surface area (Å²) in [5.74, 6) is 3.61. The Labute approximate surface area is 159 Å². The maximum absolute atomic E-state index is 5.81. The molecule has 0 radical (unpaired) electrons. The third-order valence-electron chi connectivity index (χ3n) is 4.85. The molecule has 1 aromatic carbocycles. The number of nitrogens with zero attached hydrogens (tertiary/aromatic N) is 3. The molecule has 0 spiro atoms. The molecular formula is C21H25N3O3. The second-order valence-corrected chi connectivity index (χ2v) is 7.01. The van der Waals surface area contributed by atoms with Crippen molar-refractivity contribution in [2.24, 2.45) is 0 Å².